The maximum atomic E-state index is 10.3. The van der Waals surface area contributed by atoms with E-state index in [0.29, 0.717) is 23.4 Å². The number of phenolic OH excluding ortho intramolecular Hbond substituents is 1. The Morgan fingerprint density at radius 3 is 2.54 bits per heavy atom. The van der Waals surface area contributed by atoms with Crippen molar-refractivity contribution in [2.75, 3.05) is 6.51 Å². The maximum absolute atomic E-state index is 10.3. The van der Waals surface area contributed by atoms with Crippen LogP contribution in [0.1, 0.15) is 19.4 Å². The molecule has 134 valence electrons. The highest BCUT2D eigenvalue weighted by Gasteiger charge is 2.18. The van der Waals surface area contributed by atoms with Crippen LogP contribution in [-0.4, -0.2) is 24.0 Å². The van der Waals surface area contributed by atoms with Crippen LogP contribution in [0.4, 0.5) is 0 Å². The first-order chi connectivity index (χ1) is 12.6. The van der Waals surface area contributed by atoms with E-state index in [9.17, 15) is 10.2 Å². The Kier molecular flexibility index (Phi) is 7.16. The van der Waals surface area contributed by atoms with Gasteiger partial charge in [-0.2, -0.15) is 0 Å². The van der Waals surface area contributed by atoms with Gasteiger partial charge in [0.05, 0.1) is 6.51 Å². The van der Waals surface area contributed by atoms with Gasteiger partial charge in [0.2, 0.25) is 0 Å². The largest absolute Gasteiger partial charge is 0.508 e. The summed E-state index contributed by atoms with van der Waals surface area (Å²) in [6, 6.07) is 12.8. The highest BCUT2D eigenvalue weighted by Crippen LogP contribution is 2.41. The minimum Gasteiger partial charge on any atom is -0.508 e. The molecule has 0 saturated carbocycles. The molecule has 2 N–H and O–H groups in total. The van der Waals surface area contributed by atoms with Crippen LogP contribution < -0.4 is 4.74 Å². The minimum atomic E-state index is -0.0297. The number of aliphatic hydroxyl groups is 1. The number of phenols is 1. The lowest BCUT2D eigenvalue weighted by atomic mass is 9.77. The molecule has 0 aromatic heterocycles. The van der Waals surface area contributed by atoms with Crippen molar-refractivity contribution in [3.63, 3.8) is 0 Å². The van der Waals surface area contributed by atoms with Gasteiger partial charge in [-0.15, -0.1) is 0 Å². The monoisotopic (exact) mass is 348 g/mol. The van der Waals surface area contributed by atoms with Crippen molar-refractivity contribution < 1.29 is 14.9 Å². The summed E-state index contributed by atoms with van der Waals surface area (Å²) in [4.78, 5) is 0. The number of aliphatic hydroxyl groups excluding tert-OH is 1. The molecule has 0 unspecified atom stereocenters. The van der Waals surface area contributed by atoms with Crippen LogP contribution >= 0.6 is 0 Å². The second kappa shape index (κ2) is 9.57. The van der Waals surface area contributed by atoms with Crippen LogP contribution in [0.2, 0.25) is 6.32 Å². The van der Waals surface area contributed by atoms with Gasteiger partial charge in [0, 0.05) is 22.3 Å². The molecular weight excluding hydrogens is 323 g/mol. The number of aromatic hydroxyl groups is 1. The standard InChI is InChI=1S/C22H25BO3/c1-4-6-10-17(16(3)24)19-12-9-13-20(22(19)26-15-23-5-2)18-11-7-8-14-21(18)25/h4,6-14,23-25H,3,5,15H2,1-2H3/b6-4-,17-10+. The van der Waals surface area contributed by atoms with Crippen molar-refractivity contribution in [2.24, 2.45) is 0 Å². The predicted octanol–water partition coefficient (Wildman–Crippen LogP) is 5.30. The summed E-state index contributed by atoms with van der Waals surface area (Å²) in [5, 5.41) is 20.4. The van der Waals surface area contributed by atoms with Crippen molar-refractivity contribution in [1.82, 2.24) is 0 Å². The summed E-state index contributed by atoms with van der Waals surface area (Å²) in [6.07, 6.45) is 6.55. The maximum Gasteiger partial charge on any atom is 0.168 e. The number of para-hydroxylation sites is 2. The lowest BCUT2D eigenvalue weighted by Crippen LogP contribution is -2.08. The SMILES string of the molecule is C=C(O)/C(=C\C=C/C)c1cccc(-c2ccccc2O)c1OCBCC. The Bertz CT molecular complexity index is 822. The van der Waals surface area contributed by atoms with Crippen molar-refractivity contribution in [3.8, 4) is 22.6 Å². The summed E-state index contributed by atoms with van der Waals surface area (Å²) in [5.41, 5.74) is 2.80. The molecule has 0 saturated heterocycles. The van der Waals surface area contributed by atoms with E-state index in [2.05, 4.69) is 13.5 Å². The molecule has 26 heavy (non-hydrogen) atoms. The minimum absolute atomic E-state index is 0.0297. The normalized spacial score (nSPS) is 11.5. The van der Waals surface area contributed by atoms with Gasteiger partial charge in [-0.25, -0.2) is 0 Å². The molecule has 0 bridgehead atoms. The van der Waals surface area contributed by atoms with Crippen LogP contribution in [0.25, 0.3) is 16.7 Å². The second-order valence-electron chi connectivity index (χ2n) is 5.95. The van der Waals surface area contributed by atoms with Crippen molar-refractivity contribution in [1.29, 1.82) is 0 Å². The van der Waals surface area contributed by atoms with Gasteiger partial charge < -0.3 is 14.9 Å². The van der Waals surface area contributed by atoms with Gasteiger partial charge in [0.1, 0.15) is 17.3 Å². The quantitative estimate of drug-likeness (QED) is 0.294. The van der Waals surface area contributed by atoms with E-state index in [-0.39, 0.29) is 11.5 Å². The zero-order chi connectivity index (χ0) is 18.9. The molecule has 0 fully saturated rings. The zero-order valence-electron chi connectivity index (χ0n) is 15.4. The van der Waals surface area contributed by atoms with Gasteiger partial charge in [0.25, 0.3) is 0 Å². The molecule has 0 aliphatic carbocycles. The van der Waals surface area contributed by atoms with E-state index < -0.39 is 0 Å². The number of ether oxygens (including phenoxy) is 1. The van der Waals surface area contributed by atoms with E-state index >= 15 is 0 Å². The Balaban J connectivity index is 2.66. The first-order valence-corrected chi connectivity index (χ1v) is 8.85. The summed E-state index contributed by atoms with van der Waals surface area (Å²) < 4.78 is 6.10. The van der Waals surface area contributed by atoms with E-state index in [0.717, 1.165) is 24.7 Å². The highest BCUT2D eigenvalue weighted by molar-refractivity contribution is 6.35. The Morgan fingerprint density at radius 2 is 1.88 bits per heavy atom. The first-order valence-electron chi connectivity index (χ1n) is 8.85. The summed E-state index contributed by atoms with van der Waals surface area (Å²) in [6.45, 7) is 8.26. The molecule has 3 nitrogen and oxygen atoms in total. The highest BCUT2D eigenvalue weighted by atomic mass is 16.5. The molecular formula is C22H25BO3. The third-order valence-electron chi connectivity index (χ3n) is 4.01. The number of allylic oxidation sites excluding steroid dienone is 4. The third-order valence-corrected chi connectivity index (χ3v) is 4.01. The molecule has 0 spiro atoms. The van der Waals surface area contributed by atoms with Gasteiger partial charge in [0.15, 0.2) is 7.28 Å². The molecule has 2 rings (SSSR count). The topological polar surface area (TPSA) is 49.7 Å². The van der Waals surface area contributed by atoms with Gasteiger partial charge in [-0.1, -0.05) is 74.4 Å². The van der Waals surface area contributed by atoms with Crippen molar-refractivity contribution in [2.45, 2.75) is 20.2 Å². The van der Waals surface area contributed by atoms with Gasteiger partial charge in [-0.3, -0.25) is 0 Å². The molecule has 2 aromatic carbocycles. The predicted molar refractivity (Wildman–Crippen MR) is 111 cm³/mol. The van der Waals surface area contributed by atoms with Gasteiger partial charge >= 0.3 is 0 Å². The summed E-state index contributed by atoms with van der Waals surface area (Å²) in [7, 11) is 0.919. The lowest BCUT2D eigenvalue weighted by Gasteiger charge is -2.18. The van der Waals surface area contributed by atoms with E-state index in [1.54, 1.807) is 18.2 Å². The van der Waals surface area contributed by atoms with Crippen molar-refractivity contribution in [3.05, 3.63) is 78.6 Å². The lowest BCUT2D eigenvalue weighted by molar-refractivity contribution is 0.383. The Labute approximate surface area is 156 Å². The smallest absolute Gasteiger partial charge is 0.168 e. The van der Waals surface area contributed by atoms with Crippen LogP contribution in [0.5, 0.6) is 11.5 Å². The number of hydrogen-bond acceptors (Lipinski definition) is 3. The zero-order valence-corrected chi connectivity index (χ0v) is 15.4. The second-order valence-corrected chi connectivity index (χ2v) is 5.95. The third kappa shape index (κ3) is 4.60. The fraction of sp³-hybridized carbons (Fsp3) is 0.182. The fourth-order valence-corrected chi connectivity index (χ4v) is 2.67. The molecule has 0 aliphatic heterocycles. The number of rotatable bonds is 8. The average molecular weight is 348 g/mol. The number of hydrogen-bond donors (Lipinski definition) is 2. The van der Waals surface area contributed by atoms with E-state index in [1.807, 2.05) is 49.4 Å². The molecule has 2 aromatic rings. The molecule has 0 atom stereocenters. The molecule has 0 heterocycles. The van der Waals surface area contributed by atoms with Crippen LogP contribution in [-0.2, 0) is 0 Å². The number of benzene rings is 2. The average Bonchev–Trinajstić information content (AvgIpc) is 2.63. The molecule has 0 radical (unpaired) electrons. The summed E-state index contributed by atoms with van der Waals surface area (Å²) in [5.74, 6) is 0.790. The van der Waals surface area contributed by atoms with Crippen LogP contribution in [0.3, 0.4) is 0 Å². The van der Waals surface area contributed by atoms with Crippen LogP contribution in [0, 0.1) is 0 Å². The molecule has 4 heteroatoms. The first kappa shape index (κ1) is 19.4. The molecule has 0 aliphatic rings. The van der Waals surface area contributed by atoms with Gasteiger partial charge in [-0.05, 0) is 13.0 Å². The van der Waals surface area contributed by atoms with Crippen molar-refractivity contribution >= 4 is 12.9 Å². The van der Waals surface area contributed by atoms with Crippen LogP contribution in [0.15, 0.2) is 73.0 Å². The Hall–Kier alpha value is -2.88. The molecule has 0 amide bonds. The Morgan fingerprint density at radius 1 is 1.15 bits per heavy atom. The fourth-order valence-electron chi connectivity index (χ4n) is 2.67. The summed E-state index contributed by atoms with van der Waals surface area (Å²) >= 11 is 0. The van der Waals surface area contributed by atoms with E-state index in [4.69, 9.17) is 4.74 Å². The van der Waals surface area contributed by atoms with E-state index in [1.165, 1.54) is 0 Å².